The lowest BCUT2D eigenvalue weighted by Crippen LogP contribution is -2.11. The molecule has 1 aromatic rings. The lowest BCUT2D eigenvalue weighted by Gasteiger charge is -2.10. The Bertz CT molecular complexity index is 278. The van der Waals surface area contributed by atoms with Gasteiger partial charge in [0.2, 0.25) is 0 Å². The fourth-order valence-corrected chi connectivity index (χ4v) is 1.42. The highest BCUT2D eigenvalue weighted by molar-refractivity contribution is 9.10. The van der Waals surface area contributed by atoms with Gasteiger partial charge in [-0.15, -0.1) is 0 Å². The molecule has 0 aliphatic carbocycles. The van der Waals surface area contributed by atoms with Crippen LogP contribution in [0.15, 0.2) is 22.7 Å². The first kappa shape index (κ1) is 9.51. The summed E-state index contributed by atoms with van der Waals surface area (Å²) in [6.45, 7) is 0.141. The standard InChI is InChI=1S/C8H10BrNO2/c9-7-2-1-5(11)3-6(7)8(12)4-10/h1-3,8,11-12H,4,10H2/t8-/m1/s1. The molecule has 3 nitrogen and oxygen atoms in total. The maximum Gasteiger partial charge on any atom is 0.116 e. The molecule has 0 aliphatic rings. The number of halogens is 1. The van der Waals surface area contributed by atoms with Crippen LogP contribution in [0.3, 0.4) is 0 Å². The fraction of sp³-hybridized carbons (Fsp3) is 0.250. The van der Waals surface area contributed by atoms with Crippen LogP contribution in [0.1, 0.15) is 11.7 Å². The van der Waals surface area contributed by atoms with Crippen LogP contribution in [0.2, 0.25) is 0 Å². The van der Waals surface area contributed by atoms with E-state index in [4.69, 9.17) is 10.8 Å². The summed E-state index contributed by atoms with van der Waals surface area (Å²) in [5.41, 5.74) is 5.88. The molecule has 0 heterocycles. The zero-order chi connectivity index (χ0) is 9.14. The molecule has 4 N–H and O–H groups in total. The Morgan fingerprint density at radius 2 is 2.17 bits per heavy atom. The molecular weight excluding hydrogens is 222 g/mol. The Hall–Kier alpha value is -0.580. The average molecular weight is 232 g/mol. The number of aromatic hydroxyl groups is 1. The van der Waals surface area contributed by atoms with E-state index in [0.29, 0.717) is 5.56 Å². The van der Waals surface area contributed by atoms with E-state index >= 15 is 0 Å². The Kier molecular flexibility index (Phi) is 3.08. The normalized spacial score (nSPS) is 12.9. The number of aliphatic hydroxyl groups excluding tert-OH is 1. The molecule has 0 unspecified atom stereocenters. The van der Waals surface area contributed by atoms with Gasteiger partial charge in [-0.1, -0.05) is 15.9 Å². The summed E-state index contributed by atoms with van der Waals surface area (Å²) in [5.74, 6) is 0.126. The zero-order valence-corrected chi connectivity index (χ0v) is 7.95. The van der Waals surface area contributed by atoms with E-state index < -0.39 is 6.10 Å². The topological polar surface area (TPSA) is 66.5 Å². The van der Waals surface area contributed by atoms with Crippen LogP contribution in [0.4, 0.5) is 0 Å². The van der Waals surface area contributed by atoms with Gasteiger partial charge in [0.15, 0.2) is 0 Å². The van der Waals surface area contributed by atoms with Crippen molar-refractivity contribution in [2.24, 2.45) is 5.73 Å². The fourth-order valence-electron chi connectivity index (χ4n) is 0.913. The number of benzene rings is 1. The third kappa shape index (κ3) is 1.97. The first-order valence-electron chi connectivity index (χ1n) is 3.51. The third-order valence-electron chi connectivity index (χ3n) is 1.56. The second kappa shape index (κ2) is 3.89. The number of phenolic OH excluding ortho intramolecular Hbond substituents is 1. The van der Waals surface area contributed by atoms with Crippen LogP contribution in [0.5, 0.6) is 5.75 Å². The van der Waals surface area contributed by atoms with Crippen molar-refractivity contribution >= 4 is 15.9 Å². The number of nitrogens with two attached hydrogens (primary N) is 1. The summed E-state index contributed by atoms with van der Waals surface area (Å²) >= 11 is 3.25. The molecule has 0 saturated carbocycles. The molecule has 0 fully saturated rings. The second-order valence-corrected chi connectivity index (χ2v) is 3.31. The minimum Gasteiger partial charge on any atom is -0.508 e. The largest absolute Gasteiger partial charge is 0.508 e. The van der Waals surface area contributed by atoms with Crippen molar-refractivity contribution in [2.45, 2.75) is 6.10 Å². The summed E-state index contributed by atoms with van der Waals surface area (Å²) < 4.78 is 0.748. The van der Waals surface area contributed by atoms with Crippen molar-refractivity contribution in [3.63, 3.8) is 0 Å². The van der Waals surface area contributed by atoms with Crippen molar-refractivity contribution in [3.8, 4) is 5.75 Å². The molecule has 0 saturated heterocycles. The summed E-state index contributed by atoms with van der Waals surface area (Å²) in [6, 6.07) is 4.70. The zero-order valence-electron chi connectivity index (χ0n) is 6.37. The van der Waals surface area contributed by atoms with Gasteiger partial charge >= 0.3 is 0 Å². The molecule has 4 heteroatoms. The minimum atomic E-state index is -0.730. The van der Waals surface area contributed by atoms with Gasteiger partial charge in [0.1, 0.15) is 5.75 Å². The maximum atomic E-state index is 9.37. The second-order valence-electron chi connectivity index (χ2n) is 2.46. The molecule has 0 bridgehead atoms. The third-order valence-corrected chi connectivity index (χ3v) is 2.28. The van der Waals surface area contributed by atoms with Gasteiger partial charge < -0.3 is 15.9 Å². The van der Waals surface area contributed by atoms with Gasteiger partial charge in [0.25, 0.3) is 0 Å². The minimum absolute atomic E-state index is 0.126. The molecular formula is C8H10BrNO2. The van der Waals surface area contributed by atoms with E-state index in [1.807, 2.05) is 0 Å². The molecule has 0 radical (unpaired) electrons. The van der Waals surface area contributed by atoms with Gasteiger partial charge in [-0.05, 0) is 23.8 Å². The molecule has 0 amide bonds. The summed E-state index contributed by atoms with van der Waals surface area (Å²) in [7, 11) is 0. The number of rotatable bonds is 2. The molecule has 1 atom stereocenters. The van der Waals surface area contributed by atoms with Gasteiger partial charge in [-0.2, -0.15) is 0 Å². The first-order valence-corrected chi connectivity index (χ1v) is 4.31. The van der Waals surface area contributed by atoms with Crippen molar-refractivity contribution in [2.75, 3.05) is 6.54 Å². The lowest BCUT2D eigenvalue weighted by atomic mass is 10.1. The van der Waals surface area contributed by atoms with Crippen LogP contribution in [0.25, 0.3) is 0 Å². The molecule has 0 aromatic heterocycles. The maximum absolute atomic E-state index is 9.37. The predicted octanol–water partition coefficient (Wildman–Crippen LogP) is 1.15. The molecule has 0 aliphatic heterocycles. The van der Waals surface area contributed by atoms with Crippen LogP contribution in [-0.2, 0) is 0 Å². The molecule has 1 rings (SSSR count). The van der Waals surface area contributed by atoms with E-state index in [-0.39, 0.29) is 12.3 Å². The summed E-state index contributed by atoms with van der Waals surface area (Å²) in [6.07, 6.45) is -0.730. The first-order chi connectivity index (χ1) is 5.65. The van der Waals surface area contributed by atoms with E-state index in [9.17, 15) is 5.11 Å². The van der Waals surface area contributed by atoms with Crippen LogP contribution >= 0.6 is 15.9 Å². The monoisotopic (exact) mass is 231 g/mol. The van der Waals surface area contributed by atoms with Crippen molar-refractivity contribution in [1.29, 1.82) is 0 Å². The van der Waals surface area contributed by atoms with E-state index in [1.54, 1.807) is 6.07 Å². The SMILES string of the molecule is NC[C@@H](O)c1cc(O)ccc1Br. The highest BCUT2D eigenvalue weighted by atomic mass is 79.9. The highest BCUT2D eigenvalue weighted by Crippen LogP contribution is 2.26. The lowest BCUT2D eigenvalue weighted by molar-refractivity contribution is 0.185. The van der Waals surface area contributed by atoms with E-state index in [2.05, 4.69) is 15.9 Å². The summed E-state index contributed by atoms with van der Waals surface area (Å²) in [4.78, 5) is 0. The van der Waals surface area contributed by atoms with E-state index in [1.165, 1.54) is 12.1 Å². The van der Waals surface area contributed by atoms with Gasteiger partial charge in [-0.25, -0.2) is 0 Å². The molecule has 12 heavy (non-hydrogen) atoms. The van der Waals surface area contributed by atoms with Gasteiger partial charge in [-0.3, -0.25) is 0 Å². The average Bonchev–Trinajstić information content (AvgIpc) is 2.08. The Balaban J connectivity index is 3.04. The predicted molar refractivity (Wildman–Crippen MR) is 49.8 cm³/mol. The molecule has 66 valence electrons. The smallest absolute Gasteiger partial charge is 0.116 e. The Morgan fingerprint density at radius 1 is 1.50 bits per heavy atom. The number of hydrogen-bond acceptors (Lipinski definition) is 3. The van der Waals surface area contributed by atoms with Gasteiger partial charge in [0.05, 0.1) is 6.10 Å². The summed E-state index contributed by atoms with van der Waals surface area (Å²) in [5, 5.41) is 18.5. The number of hydrogen-bond donors (Lipinski definition) is 3. The Morgan fingerprint density at radius 3 is 2.75 bits per heavy atom. The highest BCUT2D eigenvalue weighted by Gasteiger charge is 2.09. The van der Waals surface area contributed by atoms with Crippen LogP contribution in [-0.4, -0.2) is 16.8 Å². The number of aliphatic hydroxyl groups is 1. The van der Waals surface area contributed by atoms with Crippen molar-refractivity contribution in [3.05, 3.63) is 28.2 Å². The van der Waals surface area contributed by atoms with Crippen LogP contribution in [0, 0.1) is 0 Å². The van der Waals surface area contributed by atoms with Crippen molar-refractivity contribution in [1.82, 2.24) is 0 Å². The molecule has 0 spiro atoms. The van der Waals surface area contributed by atoms with E-state index in [0.717, 1.165) is 4.47 Å². The van der Waals surface area contributed by atoms with Crippen molar-refractivity contribution < 1.29 is 10.2 Å². The number of phenols is 1. The van der Waals surface area contributed by atoms with Crippen LogP contribution < -0.4 is 5.73 Å². The van der Waals surface area contributed by atoms with Gasteiger partial charge in [0, 0.05) is 11.0 Å². The quantitative estimate of drug-likeness (QED) is 0.716. The molecule has 1 aromatic carbocycles. The Labute approximate surface area is 79.0 Å².